The molecular weight excluding hydrogens is 1050 g/mol. The molecule has 0 fully saturated rings. The number of rotatable bonds is 6. The van der Waals surface area contributed by atoms with Crippen molar-refractivity contribution >= 4 is 32.9 Å². The van der Waals surface area contributed by atoms with Gasteiger partial charge in [0.2, 0.25) is 0 Å². The summed E-state index contributed by atoms with van der Waals surface area (Å²) in [5.74, 6) is 3.37. The van der Waals surface area contributed by atoms with Crippen molar-refractivity contribution in [3.05, 3.63) is 247 Å². The first kappa shape index (κ1) is 63.1. The molecule has 0 radical (unpaired) electrons. The van der Waals surface area contributed by atoms with Gasteiger partial charge in [-0.2, -0.15) is 0 Å². The van der Waals surface area contributed by atoms with Crippen LogP contribution in [0.4, 0.5) is 0 Å². The van der Waals surface area contributed by atoms with Crippen LogP contribution in [0.3, 0.4) is 0 Å². The molecule has 0 atom stereocenters. The number of fused-ring (bicyclic) bond motifs is 4. The second-order valence-corrected chi connectivity index (χ2v) is 27.2. The average Bonchev–Trinajstić information content (AvgIpc) is 1.54. The zero-order valence-corrected chi connectivity index (χ0v) is 51.0. The number of hydrogen-bond acceptors (Lipinski definition) is 6. The first-order chi connectivity index (χ1) is 38.4. The Morgan fingerprint density at radius 3 is 1.18 bits per heavy atom. The molecule has 5 aliphatic rings. The van der Waals surface area contributed by atoms with E-state index in [4.69, 9.17) is 13.6 Å². The van der Waals surface area contributed by atoms with Gasteiger partial charge in [-0.1, -0.05) is 222 Å². The standard InChI is InChI=1S/C37H37O3P.C23H28O2.C14H12O.2CH4.Li/c1-24-18-28-33-31(20-24)39-41(38-30-15-11-10-14-27(30)17-16-26-12-8-7-9-13-26)40-32-21-25(2)19-29-34(32)37(33,22-35(28,3)4)23-36(29,5)6;1-13-7-15-19(17(24)9-13)23(11-21(15,3)4)12-22(5,6)16-8-14(2)10-18(25)20(16)23;15-14-9-5-4-8-13(14)11-10-12-6-2-1-3-7-12;;;/h7-21H,22-23H2,1-6H3;7-10,24-25H,11-12H2,1-6H3;1-11,15H;2*1H4;/q;;;;;+1/p-1/b17-16+;;11-10+;;;. The van der Waals surface area contributed by atoms with Crippen LogP contribution in [0.2, 0.25) is 0 Å². The number of para-hydroxylation sites is 2. The molecule has 0 bridgehead atoms. The molecule has 8 aromatic rings. The van der Waals surface area contributed by atoms with Crippen LogP contribution in [0.15, 0.2) is 158 Å². The number of benzene rings is 8. The fourth-order valence-corrected chi connectivity index (χ4v) is 16.0. The van der Waals surface area contributed by atoms with E-state index in [-0.39, 0.29) is 72.0 Å². The van der Waals surface area contributed by atoms with Crippen molar-refractivity contribution in [3.63, 3.8) is 0 Å². The molecule has 2 spiro atoms. The van der Waals surface area contributed by atoms with Gasteiger partial charge >= 0.3 is 27.5 Å². The maximum Gasteiger partial charge on any atom is 1.00 e. The van der Waals surface area contributed by atoms with Crippen molar-refractivity contribution in [2.45, 2.75) is 156 Å². The fourth-order valence-electron chi connectivity index (χ4n) is 14.9. The smallest absolute Gasteiger partial charge is 0.872 e. The number of aryl methyl sites for hydroxylation is 4. The third kappa shape index (κ3) is 11.5. The van der Waals surface area contributed by atoms with Gasteiger partial charge in [-0.3, -0.25) is 0 Å². The van der Waals surface area contributed by atoms with Crippen LogP contribution in [-0.2, 0) is 32.5 Å². The van der Waals surface area contributed by atoms with E-state index in [0.717, 1.165) is 87.4 Å². The van der Waals surface area contributed by atoms with E-state index in [2.05, 4.69) is 136 Å². The summed E-state index contributed by atoms with van der Waals surface area (Å²) >= 11 is 0. The second-order valence-electron chi connectivity index (χ2n) is 26.3. The summed E-state index contributed by atoms with van der Waals surface area (Å²) in [5.41, 5.74) is 18.0. The minimum absolute atomic E-state index is 0. The molecule has 8 aromatic carbocycles. The van der Waals surface area contributed by atoms with Crippen molar-refractivity contribution in [2.24, 2.45) is 0 Å². The van der Waals surface area contributed by atoms with E-state index in [1.165, 1.54) is 44.5 Å². The zero-order chi connectivity index (χ0) is 57.4. The predicted molar refractivity (Wildman–Crippen MR) is 346 cm³/mol. The molecule has 0 saturated heterocycles. The molecule has 6 nitrogen and oxygen atoms in total. The quantitative estimate of drug-likeness (QED) is 0.0979. The van der Waals surface area contributed by atoms with E-state index >= 15 is 0 Å². The first-order valence-corrected chi connectivity index (χ1v) is 29.7. The normalized spacial score (nSPS) is 17.6. The molecule has 430 valence electrons. The summed E-state index contributed by atoms with van der Waals surface area (Å²) in [4.78, 5) is 0. The van der Waals surface area contributed by atoms with Gasteiger partial charge in [0.05, 0.1) is 0 Å². The Bertz CT molecular complexity index is 3640. The van der Waals surface area contributed by atoms with E-state index < -0.39 is 8.60 Å². The summed E-state index contributed by atoms with van der Waals surface area (Å²) < 4.78 is 20.3. The van der Waals surface area contributed by atoms with Crippen molar-refractivity contribution in [2.75, 3.05) is 0 Å². The maximum absolute atomic E-state index is 11.4. The molecule has 2 N–H and O–H groups in total. The molecule has 13 rings (SSSR count). The van der Waals surface area contributed by atoms with Gasteiger partial charge in [-0.15, -0.1) is 5.75 Å². The second kappa shape index (κ2) is 23.5. The Kier molecular flexibility index (Phi) is 17.6. The fraction of sp³-hybridized carbons (Fsp3) is 0.316. The largest absolute Gasteiger partial charge is 1.00 e. The van der Waals surface area contributed by atoms with Gasteiger partial charge in [0.1, 0.15) is 28.7 Å². The van der Waals surface area contributed by atoms with Crippen molar-refractivity contribution in [3.8, 4) is 34.5 Å². The molecule has 0 unspecified atom stereocenters. The average molecular weight is 1130 g/mol. The van der Waals surface area contributed by atoms with E-state index in [1.54, 1.807) is 12.1 Å². The Labute approximate surface area is 514 Å². The van der Waals surface area contributed by atoms with Crippen molar-refractivity contribution < 1.29 is 47.8 Å². The van der Waals surface area contributed by atoms with Gasteiger partial charge in [0, 0.05) is 38.6 Å². The third-order valence-corrected chi connectivity index (χ3v) is 18.7. The van der Waals surface area contributed by atoms with Crippen LogP contribution in [-0.4, -0.2) is 10.2 Å². The van der Waals surface area contributed by atoms with Gasteiger partial charge in [0.25, 0.3) is 0 Å². The Morgan fingerprint density at radius 1 is 0.429 bits per heavy atom. The number of phenolic OH excluding ortho intramolecular Hbond substituents is 2. The Morgan fingerprint density at radius 2 is 0.762 bits per heavy atom. The summed E-state index contributed by atoms with van der Waals surface area (Å²) in [7, 11) is -1.78. The van der Waals surface area contributed by atoms with E-state index in [0.29, 0.717) is 11.5 Å². The van der Waals surface area contributed by atoms with Gasteiger partial charge in [0.15, 0.2) is 0 Å². The van der Waals surface area contributed by atoms with Crippen LogP contribution in [0.25, 0.3) is 24.3 Å². The monoisotopic (exact) mass is 1130 g/mol. The summed E-state index contributed by atoms with van der Waals surface area (Å²) in [6.07, 6.45) is 11.9. The van der Waals surface area contributed by atoms with Crippen LogP contribution in [0.5, 0.6) is 34.5 Å². The van der Waals surface area contributed by atoms with Crippen LogP contribution >= 0.6 is 8.60 Å². The minimum atomic E-state index is -1.78. The molecule has 1 heterocycles. The first-order valence-electron chi connectivity index (χ1n) is 28.6. The molecular formula is C76H84LiO6P. The number of aromatic hydroxyl groups is 2. The molecule has 0 saturated carbocycles. The predicted octanol–water partition coefficient (Wildman–Crippen LogP) is 16.8. The SMILES string of the molecule is C.C.Cc1cc(O)c2c(c1)C(C)(C)CC21CC(C)(C)c2cc(C)cc(O)c21.Cc1cc2c3c(c1)C(C)(C)CC31CC(C)(C)c3cc(C)cc(c31)OP(Oc1ccccc1/C=C/c1ccccc1)O2.[Li+].[O-]c1ccccc1/C=C/c1ccccc1. The van der Waals surface area contributed by atoms with Crippen LogP contribution < -0.4 is 37.5 Å². The van der Waals surface area contributed by atoms with Gasteiger partial charge in [-0.25, -0.2) is 0 Å². The molecule has 4 aliphatic carbocycles. The van der Waals surface area contributed by atoms with Gasteiger partial charge in [-0.05, 0) is 167 Å². The van der Waals surface area contributed by atoms with E-state index in [9.17, 15) is 15.3 Å². The molecule has 1 aliphatic heterocycles. The van der Waals surface area contributed by atoms with E-state index in [1.807, 2.05) is 117 Å². The van der Waals surface area contributed by atoms with Crippen LogP contribution in [0, 0.1) is 27.7 Å². The van der Waals surface area contributed by atoms with Crippen molar-refractivity contribution in [1.82, 2.24) is 0 Å². The minimum Gasteiger partial charge on any atom is -0.872 e. The Hall–Kier alpha value is -6.93. The third-order valence-electron chi connectivity index (χ3n) is 17.7. The number of phenols is 2. The summed E-state index contributed by atoms with van der Waals surface area (Å²) in [6.45, 7) is 27.0. The van der Waals surface area contributed by atoms with Crippen LogP contribution in [0.1, 0.15) is 185 Å². The topological polar surface area (TPSA) is 91.2 Å². The number of hydrogen-bond donors (Lipinski definition) is 2. The van der Waals surface area contributed by atoms with Gasteiger partial charge < -0.3 is 28.9 Å². The van der Waals surface area contributed by atoms with Crippen molar-refractivity contribution in [1.29, 1.82) is 0 Å². The molecule has 84 heavy (non-hydrogen) atoms. The Balaban J connectivity index is 0.000000182. The zero-order valence-electron chi connectivity index (χ0n) is 50.1. The maximum atomic E-state index is 11.4. The summed E-state index contributed by atoms with van der Waals surface area (Å²) in [5, 5.41) is 33.2. The molecule has 8 heteroatoms. The molecule has 0 aromatic heterocycles. The summed E-state index contributed by atoms with van der Waals surface area (Å²) in [6, 6.07) is 52.7. The molecule has 0 amide bonds.